The lowest BCUT2D eigenvalue weighted by Crippen LogP contribution is -2.29. The quantitative estimate of drug-likeness (QED) is 0.945. The van der Waals surface area contributed by atoms with E-state index in [-0.39, 0.29) is 5.91 Å². The number of thiophene rings is 1. The fraction of sp³-hybridized carbons (Fsp3) is 0.400. The van der Waals surface area contributed by atoms with Crippen molar-refractivity contribution in [2.45, 2.75) is 33.0 Å². The smallest absolute Gasteiger partial charge is 0.246 e. The lowest BCUT2D eigenvalue weighted by Gasteiger charge is -2.16. The van der Waals surface area contributed by atoms with E-state index in [0.717, 1.165) is 17.9 Å². The maximum atomic E-state index is 10.9. The highest BCUT2D eigenvalue weighted by atomic mass is 32.1. The lowest BCUT2D eigenvalue weighted by molar-refractivity contribution is -0.118. The molecule has 0 atom stereocenters. The molecule has 1 amide bonds. The third-order valence-corrected chi connectivity index (χ3v) is 4.19. The predicted molar refractivity (Wildman–Crippen MR) is 79.5 cm³/mol. The molecule has 1 aliphatic heterocycles. The number of carbonyl (C=O) groups excluding carboxylic acids is 1. The second-order valence-corrected chi connectivity index (χ2v) is 6.30. The number of benzene rings is 1. The molecule has 5 heteroatoms. The van der Waals surface area contributed by atoms with Gasteiger partial charge in [-0.1, -0.05) is 0 Å². The molecular formula is C15H17NO3S. The number of carbonyl (C=O) groups is 1. The number of nitrogens with one attached hydrogen (secondary N) is 1. The molecule has 0 unspecified atom stereocenters. The summed E-state index contributed by atoms with van der Waals surface area (Å²) < 4.78 is 12.7. The molecule has 4 nitrogen and oxygen atoms in total. The molecule has 0 fully saturated rings. The van der Waals surface area contributed by atoms with Gasteiger partial charge in [0.15, 0.2) is 11.5 Å². The van der Waals surface area contributed by atoms with Crippen molar-refractivity contribution in [3.63, 3.8) is 0 Å². The second kappa shape index (κ2) is 4.66. The van der Waals surface area contributed by atoms with E-state index in [1.54, 1.807) is 11.3 Å². The number of fused-ring (bicyclic) bond motifs is 2. The zero-order valence-electron chi connectivity index (χ0n) is 11.8. The third-order valence-electron chi connectivity index (χ3n) is 3.20. The molecule has 0 radical (unpaired) electrons. The second-order valence-electron chi connectivity index (χ2n) is 5.39. The van der Waals surface area contributed by atoms with E-state index in [0.29, 0.717) is 6.54 Å². The summed E-state index contributed by atoms with van der Waals surface area (Å²) >= 11 is 1.69. The van der Waals surface area contributed by atoms with Crippen molar-refractivity contribution in [2.75, 3.05) is 6.54 Å². The summed E-state index contributed by atoms with van der Waals surface area (Å²) in [5.74, 6) is 1.01. The van der Waals surface area contributed by atoms with Gasteiger partial charge < -0.3 is 14.8 Å². The van der Waals surface area contributed by atoms with Crippen LogP contribution in [0, 0.1) is 0 Å². The Bertz CT molecular complexity index is 675. The van der Waals surface area contributed by atoms with Crippen LogP contribution in [0.25, 0.3) is 10.1 Å². The molecule has 0 saturated carbocycles. The molecule has 3 rings (SSSR count). The van der Waals surface area contributed by atoms with Gasteiger partial charge in [-0.2, -0.15) is 0 Å². The average molecular weight is 291 g/mol. The zero-order chi connectivity index (χ0) is 14.3. The van der Waals surface area contributed by atoms with Crippen LogP contribution in [0.15, 0.2) is 17.5 Å². The lowest BCUT2D eigenvalue weighted by atomic mass is 10.1. The van der Waals surface area contributed by atoms with Crippen molar-refractivity contribution >= 4 is 27.3 Å². The Morgan fingerprint density at radius 2 is 2.00 bits per heavy atom. The Morgan fingerprint density at radius 3 is 2.70 bits per heavy atom. The summed E-state index contributed by atoms with van der Waals surface area (Å²) in [6, 6.07) is 4.07. The number of ether oxygens (including phenoxy) is 2. The van der Waals surface area contributed by atoms with E-state index in [2.05, 4.69) is 10.7 Å². The van der Waals surface area contributed by atoms with Crippen molar-refractivity contribution in [3.8, 4) is 11.5 Å². The van der Waals surface area contributed by atoms with Crippen LogP contribution in [-0.4, -0.2) is 18.2 Å². The van der Waals surface area contributed by atoms with Crippen molar-refractivity contribution in [1.29, 1.82) is 0 Å². The first kappa shape index (κ1) is 13.2. The first-order chi connectivity index (χ1) is 9.44. The minimum atomic E-state index is -0.595. The van der Waals surface area contributed by atoms with Gasteiger partial charge in [0, 0.05) is 38.1 Å². The monoisotopic (exact) mass is 291 g/mol. The molecule has 1 aliphatic rings. The van der Waals surface area contributed by atoms with Gasteiger partial charge in [-0.25, -0.2) is 0 Å². The van der Waals surface area contributed by atoms with E-state index in [9.17, 15) is 4.79 Å². The van der Waals surface area contributed by atoms with Gasteiger partial charge in [0.2, 0.25) is 11.7 Å². The molecule has 2 heterocycles. The van der Waals surface area contributed by atoms with E-state index in [1.807, 2.05) is 26.0 Å². The summed E-state index contributed by atoms with van der Waals surface area (Å²) in [6.45, 7) is 5.99. The van der Waals surface area contributed by atoms with Gasteiger partial charge in [-0.3, -0.25) is 4.79 Å². The molecule has 2 aromatic rings. The summed E-state index contributed by atoms with van der Waals surface area (Å²) in [5, 5.41) is 6.14. The summed E-state index contributed by atoms with van der Waals surface area (Å²) in [7, 11) is 0. The standard InChI is InChI=1S/C15H17NO3S/c1-9(17)16-5-4-10-8-20-14-7-13-12(6-11(10)14)18-15(2,3)19-13/h6-8H,4-5H2,1-3H3,(H,16,17). The van der Waals surface area contributed by atoms with Gasteiger partial charge in [-0.15, -0.1) is 11.3 Å². The van der Waals surface area contributed by atoms with Crippen molar-refractivity contribution in [2.24, 2.45) is 0 Å². The van der Waals surface area contributed by atoms with Crippen LogP contribution in [0.2, 0.25) is 0 Å². The fourth-order valence-corrected chi connectivity index (χ4v) is 3.37. The molecule has 106 valence electrons. The van der Waals surface area contributed by atoms with Gasteiger partial charge in [0.1, 0.15) is 0 Å². The van der Waals surface area contributed by atoms with Crippen molar-refractivity contribution < 1.29 is 14.3 Å². The van der Waals surface area contributed by atoms with Crippen LogP contribution in [-0.2, 0) is 11.2 Å². The maximum absolute atomic E-state index is 10.9. The van der Waals surface area contributed by atoms with E-state index < -0.39 is 5.79 Å². The van der Waals surface area contributed by atoms with Crippen LogP contribution in [0.4, 0.5) is 0 Å². The largest absolute Gasteiger partial charge is 0.449 e. The van der Waals surface area contributed by atoms with E-state index in [1.165, 1.54) is 22.6 Å². The number of rotatable bonds is 3. The SMILES string of the molecule is CC(=O)NCCc1csc2cc3c(cc12)OC(C)(C)O3. The Labute approximate surface area is 121 Å². The maximum Gasteiger partial charge on any atom is 0.246 e. The first-order valence-electron chi connectivity index (χ1n) is 6.61. The number of hydrogen-bond acceptors (Lipinski definition) is 4. The topological polar surface area (TPSA) is 47.6 Å². The highest BCUT2D eigenvalue weighted by Gasteiger charge is 2.32. The molecule has 1 aromatic carbocycles. The summed E-state index contributed by atoms with van der Waals surface area (Å²) in [6.07, 6.45) is 0.822. The molecular weight excluding hydrogens is 274 g/mol. The Kier molecular flexibility index (Phi) is 3.09. The Morgan fingerprint density at radius 1 is 1.30 bits per heavy atom. The van der Waals surface area contributed by atoms with Gasteiger partial charge in [-0.05, 0) is 28.8 Å². The van der Waals surface area contributed by atoms with Crippen LogP contribution >= 0.6 is 11.3 Å². The van der Waals surface area contributed by atoms with Gasteiger partial charge >= 0.3 is 0 Å². The van der Waals surface area contributed by atoms with Gasteiger partial charge in [0.25, 0.3) is 0 Å². The average Bonchev–Trinajstić information content (AvgIpc) is 2.84. The van der Waals surface area contributed by atoms with Crippen LogP contribution in [0.1, 0.15) is 26.3 Å². The highest BCUT2D eigenvalue weighted by Crippen LogP contribution is 2.44. The first-order valence-corrected chi connectivity index (χ1v) is 7.49. The molecule has 0 aliphatic carbocycles. The predicted octanol–water partition coefficient (Wildman–Crippen LogP) is 3.09. The van der Waals surface area contributed by atoms with E-state index >= 15 is 0 Å². The molecule has 0 spiro atoms. The minimum Gasteiger partial charge on any atom is -0.449 e. The van der Waals surface area contributed by atoms with Crippen LogP contribution in [0.3, 0.4) is 0 Å². The molecule has 0 saturated heterocycles. The third kappa shape index (κ3) is 2.45. The van der Waals surface area contributed by atoms with Gasteiger partial charge in [0.05, 0.1) is 0 Å². The molecule has 1 aromatic heterocycles. The van der Waals surface area contributed by atoms with Crippen LogP contribution in [0.5, 0.6) is 11.5 Å². The normalized spacial score (nSPS) is 15.6. The molecule has 1 N–H and O–H groups in total. The summed E-state index contributed by atoms with van der Waals surface area (Å²) in [4.78, 5) is 10.9. The van der Waals surface area contributed by atoms with E-state index in [4.69, 9.17) is 9.47 Å². The van der Waals surface area contributed by atoms with Crippen molar-refractivity contribution in [3.05, 3.63) is 23.1 Å². The number of hydrogen-bond donors (Lipinski definition) is 1. The minimum absolute atomic E-state index is 0.00362. The Hall–Kier alpha value is -1.75. The number of amides is 1. The molecule has 20 heavy (non-hydrogen) atoms. The Balaban J connectivity index is 1.88. The molecule has 0 bridgehead atoms. The van der Waals surface area contributed by atoms with Crippen molar-refractivity contribution in [1.82, 2.24) is 5.32 Å². The van der Waals surface area contributed by atoms with Crippen LogP contribution < -0.4 is 14.8 Å². The fourth-order valence-electron chi connectivity index (χ4n) is 2.36. The highest BCUT2D eigenvalue weighted by molar-refractivity contribution is 7.17. The zero-order valence-corrected chi connectivity index (χ0v) is 12.6. The summed E-state index contributed by atoms with van der Waals surface area (Å²) in [5.41, 5.74) is 1.23.